The second kappa shape index (κ2) is 9.85. The maximum atomic E-state index is 9.76. The molecule has 0 saturated heterocycles. The number of aliphatic hydroxyl groups excluding tert-OH is 1. The van der Waals surface area contributed by atoms with Crippen LogP contribution in [0.4, 0.5) is 5.69 Å². The Hall–Kier alpha value is -3.35. The summed E-state index contributed by atoms with van der Waals surface area (Å²) in [6.45, 7) is 3.69. The van der Waals surface area contributed by atoms with Gasteiger partial charge in [0.05, 0.1) is 11.5 Å². The van der Waals surface area contributed by atoms with Crippen molar-refractivity contribution in [3.05, 3.63) is 66.9 Å². The van der Waals surface area contributed by atoms with Crippen molar-refractivity contribution < 1.29 is 14.3 Å². The zero-order valence-electron chi connectivity index (χ0n) is 18.7. The topological polar surface area (TPSA) is 70.8 Å². The number of aliphatic hydroxyl groups is 1. The zero-order chi connectivity index (χ0) is 22.5. The lowest BCUT2D eigenvalue weighted by Crippen LogP contribution is -2.19. The minimum absolute atomic E-state index is 0.437. The van der Waals surface area contributed by atoms with E-state index in [2.05, 4.69) is 27.3 Å². The second-order valence-electron chi connectivity index (χ2n) is 8.12. The summed E-state index contributed by atoms with van der Waals surface area (Å²) in [5, 5.41) is 14.0. The molecular formula is C26H29N3O3. The molecule has 6 nitrogen and oxygen atoms in total. The maximum absolute atomic E-state index is 9.76. The van der Waals surface area contributed by atoms with Crippen LogP contribution < -0.4 is 10.1 Å². The summed E-state index contributed by atoms with van der Waals surface area (Å²) in [5.74, 6) is 1.58. The van der Waals surface area contributed by atoms with E-state index in [1.165, 1.54) is 0 Å². The van der Waals surface area contributed by atoms with E-state index in [1.807, 2.05) is 62.6 Å². The lowest BCUT2D eigenvalue weighted by Gasteiger charge is -2.12. The highest BCUT2D eigenvalue weighted by atomic mass is 16.5. The minimum atomic E-state index is -0.468. The Bertz CT molecular complexity index is 1150. The van der Waals surface area contributed by atoms with E-state index in [-0.39, 0.29) is 0 Å². The summed E-state index contributed by atoms with van der Waals surface area (Å²) in [6.07, 6.45) is 1.25. The van der Waals surface area contributed by atoms with Crippen molar-refractivity contribution >= 4 is 16.8 Å². The molecule has 0 aliphatic heterocycles. The Labute approximate surface area is 188 Å². The van der Waals surface area contributed by atoms with Gasteiger partial charge in [0.15, 0.2) is 0 Å². The van der Waals surface area contributed by atoms with Gasteiger partial charge in [0.2, 0.25) is 5.71 Å². The molecule has 0 aliphatic rings. The molecule has 0 radical (unpaired) electrons. The third-order valence-corrected chi connectivity index (χ3v) is 5.17. The van der Waals surface area contributed by atoms with E-state index < -0.39 is 6.10 Å². The van der Waals surface area contributed by atoms with Gasteiger partial charge in [-0.15, -0.1) is 0 Å². The van der Waals surface area contributed by atoms with Crippen LogP contribution in [0.1, 0.15) is 6.92 Å². The molecule has 0 spiro atoms. The van der Waals surface area contributed by atoms with Gasteiger partial charge < -0.3 is 24.5 Å². The van der Waals surface area contributed by atoms with Gasteiger partial charge in [0, 0.05) is 36.1 Å². The molecule has 0 amide bonds. The Morgan fingerprint density at radius 2 is 1.78 bits per heavy atom. The number of rotatable bonds is 9. The fourth-order valence-corrected chi connectivity index (χ4v) is 3.56. The van der Waals surface area contributed by atoms with Crippen LogP contribution in [-0.2, 0) is 0 Å². The van der Waals surface area contributed by atoms with Crippen LogP contribution in [0.25, 0.3) is 33.6 Å². The van der Waals surface area contributed by atoms with Crippen molar-refractivity contribution in [2.75, 3.05) is 39.1 Å². The summed E-state index contributed by atoms with van der Waals surface area (Å²) in [7, 11) is 4.05. The SMILES string of the molecule is C[C@@H](O)CNc1ccnc2oc(-c3ccc(OCCN(C)C)cc3)c(-c3ccccc3)c12. The highest BCUT2D eigenvalue weighted by molar-refractivity contribution is 6.06. The van der Waals surface area contributed by atoms with Crippen molar-refractivity contribution in [1.82, 2.24) is 9.88 Å². The lowest BCUT2D eigenvalue weighted by atomic mass is 9.98. The highest BCUT2D eigenvalue weighted by Gasteiger charge is 2.21. The Balaban J connectivity index is 1.77. The van der Waals surface area contributed by atoms with Crippen LogP contribution in [0.2, 0.25) is 0 Å². The number of benzene rings is 2. The molecule has 0 saturated carbocycles. The molecule has 2 N–H and O–H groups in total. The molecule has 166 valence electrons. The first-order valence-corrected chi connectivity index (χ1v) is 10.8. The predicted molar refractivity (Wildman–Crippen MR) is 129 cm³/mol. The number of nitrogens with zero attached hydrogens (tertiary/aromatic N) is 2. The van der Waals surface area contributed by atoms with Crippen LogP contribution in [-0.4, -0.2) is 54.9 Å². The summed E-state index contributed by atoms with van der Waals surface area (Å²) >= 11 is 0. The van der Waals surface area contributed by atoms with Crippen LogP contribution in [0.15, 0.2) is 71.3 Å². The number of hydrogen-bond donors (Lipinski definition) is 2. The Morgan fingerprint density at radius 3 is 2.47 bits per heavy atom. The number of furan rings is 1. The fourth-order valence-electron chi connectivity index (χ4n) is 3.56. The van der Waals surface area contributed by atoms with Gasteiger partial charge in [0.1, 0.15) is 18.1 Å². The van der Waals surface area contributed by atoms with Crippen molar-refractivity contribution in [3.63, 3.8) is 0 Å². The third kappa shape index (κ3) is 4.93. The van der Waals surface area contributed by atoms with Gasteiger partial charge in [0.25, 0.3) is 0 Å². The van der Waals surface area contributed by atoms with Crippen LogP contribution >= 0.6 is 0 Å². The molecule has 0 bridgehead atoms. The normalized spacial score (nSPS) is 12.3. The molecule has 32 heavy (non-hydrogen) atoms. The molecule has 6 heteroatoms. The van der Waals surface area contributed by atoms with E-state index in [0.717, 1.165) is 45.8 Å². The van der Waals surface area contributed by atoms with E-state index in [4.69, 9.17) is 9.15 Å². The first kappa shape index (κ1) is 21.9. The number of anilines is 1. The molecule has 1 atom stereocenters. The number of ether oxygens (including phenoxy) is 1. The molecule has 0 fully saturated rings. The lowest BCUT2D eigenvalue weighted by molar-refractivity contribution is 0.208. The van der Waals surface area contributed by atoms with Crippen molar-refractivity contribution in [2.45, 2.75) is 13.0 Å². The van der Waals surface area contributed by atoms with Gasteiger partial charge in [-0.3, -0.25) is 0 Å². The van der Waals surface area contributed by atoms with Crippen molar-refractivity contribution in [3.8, 4) is 28.2 Å². The van der Waals surface area contributed by atoms with Crippen LogP contribution in [0, 0.1) is 0 Å². The third-order valence-electron chi connectivity index (χ3n) is 5.17. The summed E-state index contributed by atoms with van der Waals surface area (Å²) in [4.78, 5) is 6.57. The number of fused-ring (bicyclic) bond motifs is 1. The molecule has 0 unspecified atom stereocenters. The average Bonchev–Trinajstić information content (AvgIpc) is 3.18. The van der Waals surface area contributed by atoms with Gasteiger partial charge in [-0.25, -0.2) is 4.98 Å². The summed E-state index contributed by atoms with van der Waals surface area (Å²) in [5.41, 5.74) is 4.40. The van der Waals surface area contributed by atoms with Gasteiger partial charge in [-0.1, -0.05) is 30.3 Å². The number of hydrogen-bond acceptors (Lipinski definition) is 6. The van der Waals surface area contributed by atoms with Crippen molar-refractivity contribution in [1.29, 1.82) is 0 Å². The monoisotopic (exact) mass is 431 g/mol. The molecule has 2 aromatic carbocycles. The summed E-state index contributed by atoms with van der Waals surface area (Å²) < 4.78 is 12.1. The van der Waals surface area contributed by atoms with Crippen LogP contribution in [0.5, 0.6) is 5.75 Å². The largest absolute Gasteiger partial charge is 0.492 e. The molecule has 2 heterocycles. The predicted octanol–water partition coefficient (Wildman–Crippen LogP) is 4.89. The summed E-state index contributed by atoms with van der Waals surface area (Å²) in [6, 6.07) is 20.0. The van der Waals surface area contributed by atoms with E-state index in [9.17, 15) is 5.11 Å². The first-order chi connectivity index (χ1) is 15.5. The van der Waals surface area contributed by atoms with E-state index in [0.29, 0.717) is 18.9 Å². The Morgan fingerprint density at radius 1 is 1.03 bits per heavy atom. The van der Waals surface area contributed by atoms with E-state index >= 15 is 0 Å². The maximum Gasteiger partial charge on any atom is 0.229 e. The molecule has 0 aliphatic carbocycles. The molecule has 2 aromatic heterocycles. The molecule has 4 aromatic rings. The zero-order valence-corrected chi connectivity index (χ0v) is 18.7. The minimum Gasteiger partial charge on any atom is -0.492 e. The fraction of sp³-hybridized carbons (Fsp3) is 0.269. The smallest absolute Gasteiger partial charge is 0.229 e. The number of pyridine rings is 1. The Kier molecular flexibility index (Phi) is 6.73. The van der Waals surface area contributed by atoms with Gasteiger partial charge in [-0.05, 0) is 56.9 Å². The molecule has 4 rings (SSSR count). The standard InChI is InChI=1S/C26H29N3O3/c1-18(30)17-28-22-13-14-27-26-24(22)23(19-7-5-4-6-8-19)25(32-26)20-9-11-21(12-10-20)31-16-15-29(2)3/h4-14,18,30H,15-17H2,1-3H3,(H,27,28)/t18-/m1/s1. The highest BCUT2D eigenvalue weighted by Crippen LogP contribution is 2.43. The number of nitrogens with one attached hydrogen (secondary N) is 1. The van der Waals surface area contributed by atoms with E-state index in [1.54, 1.807) is 13.1 Å². The second-order valence-corrected chi connectivity index (χ2v) is 8.12. The first-order valence-electron chi connectivity index (χ1n) is 10.8. The van der Waals surface area contributed by atoms with Crippen LogP contribution in [0.3, 0.4) is 0 Å². The number of aromatic nitrogens is 1. The quantitative estimate of drug-likeness (QED) is 0.393. The molecular weight excluding hydrogens is 402 g/mol. The average molecular weight is 432 g/mol. The van der Waals surface area contributed by atoms with Gasteiger partial charge in [-0.2, -0.15) is 0 Å². The van der Waals surface area contributed by atoms with Gasteiger partial charge >= 0.3 is 0 Å². The number of likely N-dealkylation sites (N-methyl/N-ethyl adjacent to an activating group) is 1. The van der Waals surface area contributed by atoms with Crippen molar-refractivity contribution in [2.24, 2.45) is 0 Å².